The first kappa shape index (κ1) is 26.8. The van der Waals surface area contributed by atoms with Crippen molar-refractivity contribution >= 4 is 62.6 Å². The lowest BCUT2D eigenvalue weighted by atomic mass is 9.52. The summed E-state index contributed by atoms with van der Waals surface area (Å²) in [5.74, 6) is -10.4. The van der Waals surface area contributed by atoms with Gasteiger partial charge in [0, 0.05) is 14.9 Å². The number of nitrogens with zero attached hydrogens (tertiary/aromatic N) is 1. The number of rotatable bonds is 3. The molecule has 1 amide bonds. The first-order chi connectivity index (χ1) is 18.9. The summed E-state index contributed by atoms with van der Waals surface area (Å²) in [7, 11) is 3.10. The largest absolute Gasteiger partial charge is 0.506 e. The summed E-state index contributed by atoms with van der Waals surface area (Å²) in [5, 5.41) is 23.9. The minimum Gasteiger partial charge on any atom is -0.506 e. The fourth-order valence-electron chi connectivity index (χ4n) is 6.93. The molecule has 4 N–H and O–H groups in total. The van der Waals surface area contributed by atoms with Gasteiger partial charge in [-0.05, 0) is 79.2 Å². The molecule has 2 unspecified atom stereocenters. The average Bonchev–Trinajstić information content (AvgIpc) is 3.32. The number of primary amides is 1. The first-order valence-corrected chi connectivity index (χ1v) is 13.8. The van der Waals surface area contributed by atoms with Crippen molar-refractivity contribution in [2.24, 2.45) is 29.4 Å². The molecular formula is C29H25IN2O8. The van der Waals surface area contributed by atoms with E-state index in [0.717, 1.165) is 5.39 Å². The zero-order valence-corrected chi connectivity index (χ0v) is 23.7. The number of amides is 1. The minimum absolute atomic E-state index is 0.00601. The van der Waals surface area contributed by atoms with Gasteiger partial charge in [0.2, 0.25) is 5.91 Å². The van der Waals surface area contributed by atoms with Crippen LogP contribution in [-0.4, -0.2) is 69.9 Å². The molecule has 0 saturated heterocycles. The summed E-state index contributed by atoms with van der Waals surface area (Å²) in [6.07, 6.45) is 0.212. The molecule has 3 aromatic rings. The number of nitrogens with two attached hydrogens (primary N) is 1. The van der Waals surface area contributed by atoms with Crippen molar-refractivity contribution in [1.82, 2.24) is 4.90 Å². The van der Waals surface area contributed by atoms with Crippen LogP contribution in [0.5, 0.6) is 5.75 Å². The maximum atomic E-state index is 14.0. The van der Waals surface area contributed by atoms with E-state index in [0.29, 0.717) is 20.5 Å². The number of fused-ring (bicyclic) bond motifs is 4. The van der Waals surface area contributed by atoms with E-state index in [2.05, 4.69) is 22.6 Å². The van der Waals surface area contributed by atoms with E-state index in [1.54, 1.807) is 32.3 Å². The average molecular weight is 656 g/mol. The van der Waals surface area contributed by atoms with Crippen LogP contribution in [0.3, 0.4) is 0 Å². The maximum Gasteiger partial charge on any atom is 0.235 e. The summed E-state index contributed by atoms with van der Waals surface area (Å²) in [6.45, 7) is 0. The van der Waals surface area contributed by atoms with Crippen LogP contribution in [0.25, 0.3) is 22.3 Å². The Morgan fingerprint density at radius 2 is 1.82 bits per heavy atom. The second-order valence-electron chi connectivity index (χ2n) is 11.0. The van der Waals surface area contributed by atoms with Crippen molar-refractivity contribution in [1.29, 1.82) is 0 Å². The molecule has 3 aliphatic carbocycles. The molecule has 1 heterocycles. The number of carbonyl (C=O) groups is 5. The topological polar surface area (TPSA) is 168 Å². The Morgan fingerprint density at radius 3 is 2.48 bits per heavy atom. The lowest BCUT2D eigenvalue weighted by Crippen LogP contribution is -2.74. The van der Waals surface area contributed by atoms with Gasteiger partial charge >= 0.3 is 0 Å². The van der Waals surface area contributed by atoms with Gasteiger partial charge in [0.15, 0.2) is 34.7 Å². The molecule has 206 valence electrons. The number of furan rings is 1. The fourth-order valence-corrected chi connectivity index (χ4v) is 7.73. The number of likely N-dealkylation sites (N-methyl/N-ethyl adjacent to an activating group) is 1. The molecular weight excluding hydrogens is 631 g/mol. The van der Waals surface area contributed by atoms with Crippen LogP contribution in [0.1, 0.15) is 22.3 Å². The van der Waals surface area contributed by atoms with Gasteiger partial charge < -0.3 is 20.4 Å². The van der Waals surface area contributed by atoms with Gasteiger partial charge in [0.05, 0.1) is 23.1 Å². The Labute approximate surface area is 241 Å². The van der Waals surface area contributed by atoms with Gasteiger partial charge in [-0.15, -0.1) is 0 Å². The molecule has 0 spiro atoms. The molecule has 2 aromatic carbocycles. The molecule has 2 fully saturated rings. The number of para-hydroxylation sites is 1. The Hall–Kier alpha value is -3.42. The van der Waals surface area contributed by atoms with Crippen LogP contribution in [0.4, 0.5) is 0 Å². The highest BCUT2D eigenvalue weighted by Gasteiger charge is 2.69. The highest BCUT2D eigenvalue weighted by molar-refractivity contribution is 14.1. The third kappa shape index (κ3) is 3.50. The van der Waals surface area contributed by atoms with Gasteiger partial charge in [-0.3, -0.25) is 28.9 Å². The lowest BCUT2D eigenvalue weighted by molar-refractivity contribution is -0.181. The summed E-state index contributed by atoms with van der Waals surface area (Å²) >= 11 is 2.07. The van der Waals surface area contributed by atoms with E-state index >= 15 is 0 Å². The molecule has 11 heteroatoms. The Bertz CT molecular complexity index is 1640. The number of Topliss-reactive ketones (excluding diaryl/α,β-unsaturated/α-hetero) is 4. The minimum atomic E-state index is -2.75. The second kappa shape index (κ2) is 9.05. The van der Waals surface area contributed by atoms with Crippen molar-refractivity contribution in [2.45, 2.75) is 24.5 Å². The molecule has 6 rings (SSSR count). The molecule has 0 bridgehead atoms. The van der Waals surface area contributed by atoms with Gasteiger partial charge in [-0.25, -0.2) is 0 Å². The monoisotopic (exact) mass is 656 g/mol. The van der Waals surface area contributed by atoms with E-state index in [1.807, 2.05) is 18.2 Å². The standard InChI is InChI=1S/C29H25IN2O8/c1-32(2)22-15-8-12-7-13-16(30)10-14(18-9-11-5-3-4-6-17(11)40-18)23(33)20(13)24(34)19(12)26(36)29(15,39)27(37)21(25(22)35)28(31)38/h3-6,9-10,12,15,19,21-22,33,39H,7-8H2,1-2H3,(H2,31,38)/t12-,15-,19?,21?,22-,29-/m0/s1. The predicted molar refractivity (Wildman–Crippen MR) is 149 cm³/mol. The summed E-state index contributed by atoms with van der Waals surface area (Å²) in [6, 6.07) is 9.61. The van der Waals surface area contributed by atoms with Crippen molar-refractivity contribution in [3.05, 3.63) is 51.1 Å². The van der Waals surface area contributed by atoms with Crippen molar-refractivity contribution < 1.29 is 38.6 Å². The zero-order valence-electron chi connectivity index (χ0n) is 21.5. The number of aromatic hydroxyl groups is 1. The van der Waals surface area contributed by atoms with Crippen LogP contribution < -0.4 is 5.73 Å². The quantitative estimate of drug-likeness (QED) is 0.282. The number of phenols is 1. The number of halogens is 1. The summed E-state index contributed by atoms with van der Waals surface area (Å²) in [4.78, 5) is 68.2. The molecule has 6 atom stereocenters. The molecule has 2 saturated carbocycles. The zero-order chi connectivity index (χ0) is 28.8. The third-order valence-electron chi connectivity index (χ3n) is 8.70. The third-order valence-corrected chi connectivity index (χ3v) is 9.66. The van der Waals surface area contributed by atoms with Crippen LogP contribution in [0, 0.1) is 27.2 Å². The van der Waals surface area contributed by atoms with Gasteiger partial charge in [0.25, 0.3) is 0 Å². The van der Waals surface area contributed by atoms with Crippen molar-refractivity contribution in [2.75, 3.05) is 14.1 Å². The molecule has 3 aliphatic rings. The van der Waals surface area contributed by atoms with E-state index < -0.39 is 64.4 Å². The van der Waals surface area contributed by atoms with Gasteiger partial charge in [-0.1, -0.05) is 18.2 Å². The number of aliphatic hydroxyl groups is 1. The predicted octanol–water partition coefficient (Wildman–Crippen LogP) is 1.88. The SMILES string of the molecule is CN(C)[C@@H]1C(=O)C(C(N)=O)C(=O)[C@@]2(O)C(=O)C3C(=O)c4c(O)c(-c5cc6ccccc6o5)cc(I)c4C[C@H]3C[C@@H]12. The molecule has 10 nitrogen and oxygen atoms in total. The van der Waals surface area contributed by atoms with Crippen LogP contribution >= 0.6 is 22.6 Å². The molecule has 40 heavy (non-hydrogen) atoms. The second-order valence-corrected chi connectivity index (χ2v) is 12.2. The Balaban J connectivity index is 1.48. The Morgan fingerprint density at radius 1 is 1.12 bits per heavy atom. The van der Waals surface area contributed by atoms with Crippen LogP contribution in [-0.2, 0) is 25.6 Å². The van der Waals surface area contributed by atoms with Crippen molar-refractivity contribution in [3.63, 3.8) is 0 Å². The van der Waals surface area contributed by atoms with Crippen LogP contribution in [0.2, 0.25) is 0 Å². The first-order valence-electron chi connectivity index (χ1n) is 12.8. The smallest absolute Gasteiger partial charge is 0.235 e. The number of hydrogen-bond acceptors (Lipinski definition) is 9. The molecule has 0 radical (unpaired) electrons. The van der Waals surface area contributed by atoms with Crippen LogP contribution in [0.15, 0.2) is 40.8 Å². The molecule has 1 aromatic heterocycles. The molecule has 0 aliphatic heterocycles. The number of phenolic OH excluding ortho intramolecular Hbond substituents is 1. The van der Waals surface area contributed by atoms with Gasteiger partial charge in [0.1, 0.15) is 17.1 Å². The van der Waals surface area contributed by atoms with E-state index in [-0.39, 0.29) is 29.7 Å². The fraction of sp³-hybridized carbons (Fsp3) is 0.345. The Kier molecular flexibility index (Phi) is 6.06. The number of ketones is 4. The lowest BCUT2D eigenvalue weighted by Gasteiger charge is -2.52. The summed E-state index contributed by atoms with van der Waals surface area (Å²) < 4.78 is 6.59. The number of carbonyl (C=O) groups excluding carboxylic acids is 5. The van der Waals surface area contributed by atoms with Gasteiger partial charge in [-0.2, -0.15) is 0 Å². The highest BCUT2D eigenvalue weighted by Crippen LogP contribution is 2.52. The van der Waals surface area contributed by atoms with Crippen molar-refractivity contribution in [3.8, 4) is 17.1 Å². The highest BCUT2D eigenvalue weighted by atomic mass is 127. The number of hydrogen-bond donors (Lipinski definition) is 3. The summed E-state index contributed by atoms with van der Waals surface area (Å²) in [5.41, 5.74) is 3.96. The number of benzene rings is 2. The van der Waals surface area contributed by atoms with E-state index in [4.69, 9.17) is 10.2 Å². The maximum absolute atomic E-state index is 14.0. The van der Waals surface area contributed by atoms with E-state index in [1.165, 1.54) is 4.90 Å². The van der Waals surface area contributed by atoms with E-state index in [9.17, 15) is 34.2 Å². The normalized spacial score (nSPS) is 29.9.